The lowest BCUT2D eigenvalue weighted by Crippen LogP contribution is -1.93. The van der Waals surface area contributed by atoms with Crippen molar-refractivity contribution in [1.82, 2.24) is 4.98 Å². The minimum atomic E-state index is 0.314. The Morgan fingerprint density at radius 3 is 2.65 bits per heavy atom. The van der Waals surface area contributed by atoms with Crippen molar-refractivity contribution in [3.8, 4) is 11.5 Å². The Hall–Kier alpha value is -1.25. The Kier molecular flexibility index (Phi) is 3.87. The molecule has 0 radical (unpaired) electrons. The molecule has 2 nitrogen and oxygen atoms in total. The van der Waals surface area contributed by atoms with Crippen LogP contribution in [0.4, 0.5) is 0 Å². The van der Waals surface area contributed by atoms with Crippen LogP contribution in [0.5, 0.6) is 11.5 Å². The lowest BCUT2D eigenvalue weighted by atomic mass is 10.2. The van der Waals surface area contributed by atoms with Crippen LogP contribution >= 0.6 is 23.2 Å². The highest BCUT2D eigenvalue weighted by Crippen LogP contribution is 2.32. The number of hydrogen-bond acceptors (Lipinski definition) is 2. The smallest absolute Gasteiger partial charge is 0.148 e. The number of nitrogens with zero attached hydrogens (tertiary/aromatic N) is 1. The van der Waals surface area contributed by atoms with E-state index in [1.807, 2.05) is 31.2 Å². The number of benzene rings is 1. The van der Waals surface area contributed by atoms with Crippen LogP contribution in [0, 0.1) is 6.92 Å². The summed E-state index contributed by atoms with van der Waals surface area (Å²) in [7, 11) is 0. The van der Waals surface area contributed by atoms with E-state index in [1.54, 1.807) is 12.3 Å². The predicted octanol–water partition coefficient (Wildman–Crippen LogP) is 4.57. The normalized spacial score (nSPS) is 10.3. The zero-order valence-electron chi connectivity index (χ0n) is 9.28. The van der Waals surface area contributed by atoms with Crippen molar-refractivity contribution in [2.75, 3.05) is 0 Å². The van der Waals surface area contributed by atoms with Crippen molar-refractivity contribution in [3.63, 3.8) is 0 Å². The summed E-state index contributed by atoms with van der Waals surface area (Å²) in [6.45, 7) is 1.89. The number of rotatable bonds is 3. The van der Waals surface area contributed by atoms with Crippen LogP contribution in [0.3, 0.4) is 0 Å². The number of pyridine rings is 1. The molecule has 0 aliphatic carbocycles. The molecular formula is C13H11Cl2NO. The Labute approximate surface area is 110 Å². The van der Waals surface area contributed by atoms with Crippen molar-refractivity contribution < 1.29 is 4.74 Å². The number of alkyl halides is 1. The van der Waals surface area contributed by atoms with Gasteiger partial charge >= 0.3 is 0 Å². The number of ether oxygens (including phenoxy) is 1. The van der Waals surface area contributed by atoms with E-state index < -0.39 is 0 Å². The summed E-state index contributed by atoms with van der Waals surface area (Å²) in [6, 6.07) is 9.16. The summed E-state index contributed by atoms with van der Waals surface area (Å²) in [4.78, 5) is 4.16. The third-order valence-corrected chi connectivity index (χ3v) is 3.01. The second-order valence-corrected chi connectivity index (χ2v) is 4.21. The quantitative estimate of drug-likeness (QED) is 0.760. The molecule has 0 amide bonds. The summed E-state index contributed by atoms with van der Waals surface area (Å²) >= 11 is 11.9. The summed E-state index contributed by atoms with van der Waals surface area (Å²) < 4.78 is 5.78. The van der Waals surface area contributed by atoms with E-state index in [0.717, 1.165) is 11.3 Å². The third-order valence-electron chi connectivity index (χ3n) is 2.39. The van der Waals surface area contributed by atoms with Gasteiger partial charge in [-0.2, -0.15) is 0 Å². The van der Waals surface area contributed by atoms with E-state index in [2.05, 4.69) is 4.98 Å². The monoisotopic (exact) mass is 267 g/mol. The first kappa shape index (κ1) is 12.2. The van der Waals surface area contributed by atoms with Gasteiger partial charge in [0.1, 0.15) is 11.5 Å². The standard InChI is InChI=1S/C13H11Cl2NO/c1-9-12(6-3-7-16-9)17-13-5-2-4-11(15)10(13)8-14/h2-7H,8H2,1H3. The van der Waals surface area contributed by atoms with Crippen molar-refractivity contribution in [2.24, 2.45) is 0 Å². The molecule has 0 aliphatic heterocycles. The first-order valence-electron chi connectivity index (χ1n) is 5.15. The van der Waals surface area contributed by atoms with Gasteiger partial charge in [-0.3, -0.25) is 4.98 Å². The van der Waals surface area contributed by atoms with Gasteiger partial charge < -0.3 is 4.74 Å². The molecule has 2 rings (SSSR count). The first-order valence-corrected chi connectivity index (χ1v) is 6.06. The first-order chi connectivity index (χ1) is 8.22. The fraction of sp³-hybridized carbons (Fsp3) is 0.154. The van der Waals surface area contributed by atoms with E-state index in [1.165, 1.54) is 0 Å². The summed E-state index contributed by atoms with van der Waals surface area (Å²) in [5.41, 5.74) is 1.62. The molecule has 0 atom stereocenters. The maximum atomic E-state index is 6.06. The topological polar surface area (TPSA) is 22.1 Å². The van der Waals surface area contributed by atoms with Gasteiger partial charge in [0.2, 0.25) is 0 Å². The highest BCUT2D eigenvalue weighted by molar-refractivity contribution is 6.32. The number of aromatic nitrogens is 1. The predicted molar refractivity (Wildman–Crippen MR) is 70.1 cm³/mol. The maximum absolute atomic E-state index is 6.06. The number of halogens is 2. The molecular weight excluding hydrogens is 257 g/mol. The molecule has 0 aliphatic rings. The van der Waals surface area contributed by atoms with Crippen molar-refractivity contribution in [3.05, 3.63) is 52.8 Å². The van der Waals surface area contributed by atoms with Crippen molar-refractivity contribution in [2.45, 2.75) is 12.8 Å². The van der Waals surface area contributed by atoms with Crippen LogP contribution < -0.4 is 4.74 Å². The van der Waals surface area contributed by atoms with Crippen molar-refractivity contribution in [1.29, 1.82) is 0 Å². The fourth-order valence-corrected chi connectivity index (χ4v) is 2.04. The van der Waals surface area contributed by atoms with E-state index in [-0.39, 0.29) is 0 Å². The van der Waals surface area contributed by atoms with E-state index in [4.69, 9.17) is 27.9 Å². The van der Waals surface area contributed by atoms with Crippen LogP contribution in [0.1, 0.15) is 11.3 Å². The summed E-state index contributed by atoms with van der Waals surface area (Å²) in [5, 5.41) is 0.610. The molecule has 1 aromatic carbocycles. The molecule has 88 valence electrons. The molecule has 17 heavy (non-hydrogen) atoms. The Morgan fingerprint density at radius 1 is 1.18 bits per heavy atom. The molecule has 0 N–H and O–H groups in total. The fourth-order valence-electron chi connectivity index (χ4n) is 1.46. The molecule has 1 aromatic heterocycles. The van der Waals surface area contributed by atoms with E-state index in [0.29, 0.717) is 22.4 Å². The van der Waals surface area contributed by atoms with Crippen LogP contribution in [-0.4, -0.2) is 4.98 Å². The molecule has 4 heteroatoms. The van der Waals surface area contributed by atoms with Crippen LogP contribution in [0.25, 0.3) is 0 Å². The zero-order chi connectivity index (χ0) is 12.3. The SMILES string of the molecule is Cc1ncccc1Oc1cccc(Cl)c1CCl. The van der Waals surface area contributed by atoms with Gasteiger partial charge in [0, 0.05) is 16.8 Å². The molecule has 0 spiro atoms. The molecule has 0 unspecified atom stereocenters. The highest BCUT2D eigenvalue weighted by Gasteiger charge is 2.09. The van der Waals surface area contributed by atoms with Gasteiger partial charge in [-0.05, 0) is 31.2 Å². The minimum Gasteiger partial charge on any atom is -0.455 e. The second kappa shape index (κ2) is 5.39. The molecule has 0 fully saturated rings. The largest absolute Gasteiger partial charge is 0.455 e. The summed E-state index contributed by atoms with van der Waals surface area (Å²) in [5.74, 6) is 1.69. The van der Waals surface area contributed by atoms with Crippen LogP contribution in [0.15, 0.2) is 36.5 Å². The lowest BCUT2D eigenvalue weighted by Gasteiger charge is -2.11. The Morgan fingerprint density at radius 2 is 1.94 bits per heavy atom. The third kappa shape index (κ3) is 2.71. The maximum Gasteiger partial charge on any atom is 0.148 e. The average molecular weight is 268 g/mol. The Balaban J connectivity index is 2.37. The van der Waals surface area contributed by atoms with Gasteiger partial charge in [0.15, 0.2) is 0 Å². The molecule has 0 bridgehead atoms. The lowest BCUT2D eigenvalue weighted by molar-refractivity contribution is 0.471. The van der Waals surface area contributed by atoms with Gasteiger partial charge in [-0.25, -0.2) is 0 Å². The molecule has 1 heterocycles. The van der Waals surface area contributed by atoms with Gasteiger partial charge in [0.05, 0.1) is 11.6 Å². The minimum absolute atomic E-state index is 0.314. The average Bonchev–Trinajstić information content (AvgIpc) is 2.32. The second-order valence-electron chi connectivity index (χ2n) is 3.54. The molecule has 2 aromatic rings. The molecule has 0 saturated heterocycles. The van der Waals surface area contributed by atoms with Gasteiger partial charge in [0.25, 0.3) is 0 Å². The number of aryl methyl sites for hydroxylation is 1. The molecule has 0 saturated carbocycles. The van der Waals surface area contributed by atoms with E-state index in [9.17, 15) is 0 Å². The van der Waals surface area contributed by atoms with Gasteiger partial charge in [-0.1, -0.05) is 17.7 Å². The van der Waals surface area contributed by atoms with Crippen molar-refractivity contribution >= 4 is 23.2 Å². The van der Waals surface area contributed by atoms with Crippen LogP contribution in [0.2, 0.25) is 5.02 Å². The highest BCUT2D eigenvalue weighted by atomic mass is 35.5. The Bertz CT molecular complexity index is 529. The number of hydrogen-bond donors (Lipinski definition) is 0. The zero-order valence-corrected chi connectivity index (χ0v) is 10.8. The summed E-state index contributed by atoms with van der Waals surface area (Å²) in [6.07, 6.45) is 1.72. The van der Waals surface area contributed by atoms with Gasteiger partial charge in [-0.15, -0.1) is 11.6 Å². The van der Waals surface area contributed by atoms with Crippen LogP contribution in [-0.2, 0) is 5.88 Å². The van der Waals surface area contributed by atoms with E-state index >= 15 is 0 Å².